The number of carbonyl (C=O) groups excluding carboxylic acids is 1. The van der Waals surface area contributed by atoms with E-state index in [0.29, 0.717) is 38.8 Å². The molecular formula is C15H27NO4. The Labute approximate surface area is 121 Å². The first-order valence-corrected chi connectivity index (χ1v) is 7.49. The van der Waals surface area contributed by atoms with Crippen LogP contribution in [0.4, 0.5) is 0 Å². The zero-order valence-corrected chi connectivity index (χ0v) is 12.9. The molecule has 0 spiro atoms. The lowest BCUT2D eigenvalue weighted by Crippen LogP contribution is -2.50. The Morgan fingerprint density at radius 1 is 1.45 bits per heavy atom. The number of likely N-dealkylation sites (tertiary alicyclic amines) is 1. The minimum atomic E-state index is -0.762. The predicted molar refractivity (Wildman–Crippen MR) is 76.5 cm³/mol. The van der Waals surface area contributed by atoms with Crippen molar-refractivity contribution < 1.29 is 19.4 Å². The fraction of sp³-hybridized carbons (Fsp3) is 0.867. The van der Waals surface area contributed by atoms with Crippen LogP contribution in [-0.4, -0.2) is 48.2 Å². The van der Waals surface area contributed by atoms with E-state index in [1.165, 1.54) is 0 Å². The van der Waals surface area contributed by atoms with Crippen molar-refractivity contribution >= 4 is 11.9 Å². The van der Waals surface area contributed by atoms with Gasteiger partial charge in [-0.15, -0.1) is 0 Å². The van der Waals surface area contributed by atoms with Crippen molar-refractivity contribution in [1.29, 1.82) is 0 Å². The molecule has 1 amide bonds. The molecule has 0 aliphatic carbocycles. The van der Waals surface area contributed by atoms with Crippen LogP contribution in [0.15, 0.2) is 0 Å². The van der Waals surface area contributed by atoms with Gasteiger partial charge in [-0.05, 0) is 32.6 Å². The molecule has 0 aromatic carbocycles. The molecule has 1 heterocycles. The second-order valence-electron chi connectivity index (χ2n) is 5.84. The van der Waals surface area contributed by atoms with Crippen LogP contribution < -0.4 is 0 Å². The van der Waals surface area contributed by atoms with Gasteiger partial charge in [0.25, 0.3) is 0 Å². The number of hydrogen-bond acceptors (Lipinski definition) is 3. The highest BCUT2D eigenvalue weighted by molar-refractivity contribution is 5.79. The molecule has 2 unspecified atom stereocenters. The number of amides is 1. The highest BCUT2D eigenvalue weighted by Gasteiger charge is 2.42. The van der Waals surface area contributed by atoms with Crippen LogP contribution in [0.1, 0.15) is 52.4 Å². The molecule has 5 heteroatoms. The average molecular weight is 285 g/mol. The van der Waals surface area contributed by atoms with E-state index >= 15 is 0 Å². The van der Waals surface area contributed by atoms with Crippen molar-refractivity contribution in [2.24, 2.45) is 5.41 Å². The Bertz CT molecular complexity index is 341. The van der Waals surface area contributed by atoms with Gasteiger partial charge in [0.1, 0.15) is 0 Å². The number of ether oxygens (including phenoxy) is 1. The van der Waals surface area contributed by atoms with E-state index in [9.17, 15) is 14.7 Å². The van der Waals surface area contributed by atoms with Crippen molar-refractivity contribution in [2.75, 3.05) is 20.2 Å². The van der Waals surface area contributed by atoms with E-state index in [0.717, 1.165) is 12.8 Å². The molecule has 1 N–H and O–H groups in total. The topological polar surface area (TPSA) is 66.8 Å². The summed E-state index contributed by atoms with van der Waals surface area (Å²) in [4.78, 5) is 25.5. The summed E-state index contributed by atoms with van der Waals surface area (Å²) in [6.45, 7) is 4.96. The van der Waals surface area contributed by atoms with Crippen LogP contribution in [0, 0.1) is 5.41 Å². The molecule has 1 rings (SSSR count). The maximum Gasteiger partial charge on any atom is 0.311 e. The third-order valence-corrected chi connectivity index (χ3v) is 4.28. The Morgan fingerprint density at radius 3 is 2.70 bits per heavy atom. The molecule has 0 aromatic heterocycles. The van der Waals surface area contributed by atoms with Gasteiger partial charge in [-0.25, -0.2) is 0 Å². The monoisotopic (exact) mass is 285 g/mol. The van der Waals surface area contributed by atoms with Crippen LogP contribution >= 0.6 is 0 Å². The van der Waals surface area contributed by atoms with Gasteiger partial charge in [0.15, 0.2) is 0 Å². The summed E-state index contributed by atoms with van der Waals surface area (Å²) in [5, 5.41) is 9.52. The molecule has 116 valence electrons. The summed E-state index contributed by atoms with van der Waals surface area (Å²) in [6, 6.07) is 0. The van der Waals surface area contributed by atoms with Crippen LogP contribution in [0.5, 0.6) is 0 Å². The maximum atomic E-state index is 12.2. The molecule has 2 atom stereocenters. The number of carboxylic acid groups (broad SMARTS) is 1. The van der Waals surface area contributed by atoms with Crippen LogP contribution in [0.2, 0.25) is 0 Å². The zero-order valence-electron chi connectivity index (χ0n) is 12.9. The first kappa shape index (κ1) is 17.0. The Morgan fingerprint density at radius 2 is 2.15 bits per heavy atom. The number of rotatable bonds is 7. The van der Waals surface area contributed by atoms with Gasteiger partial charge in [0, 0.05) is 26.6 Å². The molecule has 0 aromatic rings. The highest BCUT2D eigenvalue weighted by atomic mass is 16.5. The lowest BCUT2D eigenvalue weighted by atomic mass is 9.76. The molecule has 1 aliphatic rings. The van der Waals surface area contributed by atoms with E-state index in [1.54, 1.807) is 12.0 Å². The van der Waals surface area contributed by atoms with Crippen molar-refractivity contribution in [2.45, 2.75) is 58.5 Å². The summed E-state index contributed by atoms with van der Waals surface area (Å²) in [7, 11) is 1.63. The molecule has 20 heavy (non-hydrogen) atoms. The summed E-state index contributed by atoms with van der Waals surface area (Å²) >= 11 is 0. The van der Waals surface area contributed by atoms with Gasteiger partial charge in [-0.2, -0.15) is 0 Å². The predicted octanol–water partition coefficient (Wildman–Crippen LogP) is 2.30. The molecular weight excluding hydrogens is 258 g/mol. The standard InChI is InChI=1S/C15H27NO4/c1-4-8-15(14(18)19)9-5-10-16(11-15)13(17)7-6-12(2)20-3/h12H,4-11H2,1-3H3,(H,18,19). The highest BCUT2D eigenvalue weighted by Crippen LogP contribution is 2.35. The smallest absolute Gasteiger partial charge is 0.311 e. The number of methoxy groups -OCH3 is 1. The Balaban J connectivity index is 2.63. The zero-order chi connectivity index (χ0) is 15.2. The van der Waals surface area contributed by atoms with Crippen molar-refractivity contribution in [3.63, 3.8) is 0 Å². The first-order valence-electron chi connectivity index (χ1n) is 7.49. The molecule has 0 bridgehead atoms. The lowest BCUT2D eigenvalue weighted by molar-refractivity contribution is -0.155. The summed E-state index contributed by atoms with van der Waals surface area (Å²) in [6.07, 6.45) is 4.09. The third-order valence-electron chi connectivity index (χ3n) is 4.28. The minimum absolute atomic E-state index is 0.0512. The number of carboxylic acids is 1. The molecule has 1 saturated heterocycles. The summed E-state index contributed by atoms with van der Waals surface area (Å²) < 4.78 is 5.14. The Kier molecular flexibility index (Phi) is 6.46. The number of nitrogens with zero attached hydrogens (tertiary/aromatic N) is 1. The van der Waals surface area contributed by atoms with Crippen LogP contribution in [0.25, 0.3) is 0 Å². The SMILES string of the molecule is CCCC1(C(=O)O)CCCN(C(=O)CCC(C)OC)C1. The third kappa shape index (κ3) is 4.20. The number of aliphatic carboxylic acids is 1. The first-order chi connectivity index (χ1) is 9.45. The second kappa shape index (κ2) is 7.62. The molecule has 1 aliphatic heterocycles. The van der Waals surface area contributed by atoms with Gasteiger partial charge >= 0.3 is 5.97 Å². The van der Waals surface area contributed by atoms with E-state index < -0.39 is 11.4 Å². The fourth-order valence-electron chi connectivity index (χ4n) is 2.91. The number of carbonyl (C=O) groups is 2. The van der Waals surface area contributed by atoms with Crippen LogP contribution in [-0.2, 0) is 14.3 Å². The molecule has 0 saturated carbocycles. The van der Waals surface area contributed by atoms with Gasteiger partial charge in [0.05, 0.1) is 11.5 Å². The normalized spacial score (nSPS) is 24.4. The minimum Gasteiger partial charge on any atom is -0.481 e. The molecule has 1 fully saturated rings. The largest absolute Gasteiger partial charge is 0.481 e. The maximum absolute atomic E-state index is 12.2. The van der Waals surface area contributed by atoms with E-state index in [2.05, 4.69) is 0 Å². The molecule has 5 nitrogen and oxygen atoms in total. The lowest BCUT2D eigenvalue weighted by Gasteiger charge is -2.40. The van der Waals surface area contributed by atoms with Crippen LogP contribution in [0.3, 0.4) is 0 Å². The average Bonchev–Trinajstić information content (AvgIpc) is 2.44. The Hall–Kier alpha value is -1.10. The number of piperidine rings is 1. The van der Waals surface area contributed by atoms with Crippen molar-refractivity contribution in [1.82, 2.24) is 4.90 Å². The van der Waals surface area contributed by atoms with Gasteiger partial charge < -0.3 is 14.7 Å². The van der Waals surface area contributed by atoms with Crippen molar-refractivity contribution in [3.05, 3.63) is 0 Å². The van der Waals surface area contributed by atoms with Gasteiger partial charge in [-0.3, -0.25) is 9.59 Å². The van der Waals surface area contributed by atoms with E-state index in [1.807, 2.05) is 13.8 Å². The van der Waals surface area contributed by atoms with Crippen molar-refractivity contribution in [3.8, 4) is 0 Å². The molecule has 0 radical (unpaired) electrons. The summed E-state index contributed by atoms with van der Waals surface area (Å²) in [5.74, 6) is -0.711. The number of hydrogen-bond donors (Lipinski definition) is 1. The van der Waals surface area contributed by atoms with Gasteiger partial charge in [-0.1, -0.05) is 13.3 Å². The fourth-order valence-corrected chi connectivity index (χ4v) is 2.91. The second-order valence-corrected chi connectivity index (χ2v) is 5.84. The van der Waals surface area contributed by atoms with E-state index in [4.69, 9.17) is 4.74 Å². The summed E-state index contributed by atoms with van der Waals surface area (Å²) in [5.41, 5.74) is -0.741. The van der Waals surface area contributed by atoms with Gasteiger partial charge in [0.2, 0.25) is 5.91 Å². The quantitative estimate of drug-likeness (QED) is 0.779. The van der Waals surface area contributed by atoms with E-state index in [-0.39, 0.29) is 12.0 Å².